The van der Waals surface area contributed by atoms with Crippen molar-refractivity contribution in [2.45, 2.75) is 38.8 Å². The second-order valence-corrected chi connectivity index (χ2v) is 4.80. The second-order valence-electron chi connectivity index (χ2n) is 3.71. The highest BCUT2D eigenvalue weighted by Crippen LogP contribution is 2.23. The number of rotatable bonds is 3. The minimum Gasteiger partial charge on any atom is -0.374 e. The maximum absolute atomic E-state index is 5.55. The van der Waals surface area contributed by atoms with Gasteiger partial charge in [0.25, 0.3) is 0 Å². The van der Waals surface area contributed by atoms with Crippen LogP contribution in [0, 0.1) is 0 Å². The zero-order chi connectivity index (χ0) is 9.97. The number of nitrogens with zero attached hydrogens (tertiary/aromatic N) is 3. The normalized spacial score (nSPS) is 23.1. The molecule has 1 aliphatic rings. The van der Waals surface area contributed by atoms with Gasteiger partial charge in [-0.2, -0.15) is 0 Å². The molecule has 4 nitrogen and oxygen atoms in total. The van der Waals surface area contributed by atoms with Crippen molar-refractivity contribution in [2.24, 2.45) is 0 Å². The first-order valence-corrected chi connectivity index (χ1v) is 5.93. The summed E-state index contributed by atoms with van der Waals surface area (Å²) < 4.78 is 0. The van der Waals surface area contributed by atoms with Gasteiger partial charge in [0.1, 0.15) is 5.01 Å². The Kier molecular flexibility index (Phi) is 2.98. The summed E-state index contributed by atoms with van der Waals surface area (Å²) in [6, 6.07) is 0.736. The molecule has 1 atom stereocenters. The zero-order valence-electron chi connectivity index (χ0n) is 8.44. The first kappa shape index (κ1) is 9.86. The number of nitrogen functional groups attached to an aromatic ring is 1. The molecule has 2 rings (SSSR count). The highest BCUT2D eigenvalue weighted by Gasteiger charge is 2.23. The van der Waals surface area contributed by atoms with Crippen LogP contribution in [0.1, 0.15) is 31.2 Å². The zero-order valence-corrected chi connectivity index (χ0v) is 9.26. The lowest BCUT2D eigenvalue weighted by Gasteiger charge is -2.21. The molecule has 1 saturated heterocycles. The summed E-state index contributed by atoms with van der Waals surface area (Å²) >= 11 is 1.50. The van der Waals surface area contributed by atoms with Crippen LogP contribution in [0.3, 0.4) is 0 Å². The second kappa shape index (κ2) is 4.23. The Balaban J connectivity index is 1.96. The lowest BCUT2D eigenvalue weighted by molar-refractivity contribution is 0.239. The Bertz CT molecular complexity index is 299. The van der Waals surface area contributed by atoms with E-state index in [1.807, 2.05) is 0 Å². The standard InChI is InChI=1S/C9H16N4S/c1-2-7-4-3-5-13(7)6-8-11-12-9(10)14-8/h7H,2-6H2,1H3,(H2,10,12). The van der Waals surface area contributed by atoms with Gasteiger partial charge in [-0.3, -0.25) is 4.90 Å². The molecule has 0 aromatic carbocycles. The number of likely N-dealkylation sites (tertiary alicyclic amines) is 1. The van der Waals surface area contributed by atoms with Crippen LogP contribution in [0.25, 0.3) is 0 Å². The van der Waals surface area contributed by atoms with E-state index in [2.05, 4.69) is 22.0 Å². The summed E-state index contributed by atoms with van der Waals surface area (Å²) in [5.41, 5.74) is 5.55. The van der Waals surface area contributed by atoms with Crippen LogP contribution < -0.4 is 5.73 Å². The van der Waals surface area contributed by atoms with E-state index < -0.39 is 0 Å². The molecule has 0 amide bonds. The number of hydrogen-bond donors (Lipinski definition) is 1. The predicted octanol–water partition coefficient (Wildman–Crippen LogP) is 1.49. The van der Waals surface area contributed by atoms with Gasteiger partial charge in [-0.25, -0.2) is 0 Å². The van der Waals surface area contributed by atoms with Crippen molar-refractivity contribution in [3.63, 3.8) is 0 Å². The Morgan fingerprint density at radius 3 is 3.07 bits per heavy atom. The van der Waals surface area contributed by atoms with E-state index >= 15 is 0 Å². The average Bonchev–Trinajstić information content (AvgIpc) is 2.76. The highest BCUT2D eigenvalue weighted by atomic mass is 32.1. The van der Waals surface area contributed by atoms with E-state index in [0.29, 0.717) is 5.13 Å². The molecular formula is C9H16N4S. The average molecular weight is 212 g/mol. The van der Waals surface area contributed by atoms with Gasteiger partial charge in [0.15, 0.2) is 0 Å². The number of hydrogen-bond acceptors (Lipinski definition) is 5. The third-order valence-corrected chi connectivity index (χ3v) is 3.53. The van der Waals surface area contributed by atoms with Gasteiger partial charge >= 0.3 is 0 Å². The fraction of sp³-hybridized carbons (Fsp3) is 0.778. The molecular weight excluding hydrogens is 196 g/mol. The van der Waals surface area contributed by atoms with Gasteiger partial charge in [-0.15, -0.1) is 10.2 Å². The summed E-state index contributed by atoms with van der Waals surface area (Å²) in [6.07, 6.45) is 3.87. The van der Waals surface area contributed by atoms with Crippen LogP contribution in [0.2, 0.25) is 0 Å². The monoisotopic (exact) mass is 212 g/mol. The van der Waals surface area contributed by atoms with Crippen LogP contribution in [-0.2, 0) is 6.54 Å². The first-order chi connectivity index (χ1) is 6.79. The smallest absolute Gasteiger partial charge is 0.203 e. The third-order valence-electron chi connectivity index (χ3n) is 2.79. The minimum atomic E-state index is 0.576. The van der Waals surface area contributed by atoms with E-state index in [1.165, 1.54) is 37.1 Å². The van der Waals surface area contributed by atoms with Gasteiger partial charge in [-0.1, -0.05) is 18.3 Å². The Labute approximate surface area is 88.1 Å². The van der Waals surface area contributed by atoms with Crippen molar-refractivity contribution in [3.8, 4) is 0 Å². The van der Waals surface area contributed by atoms with E-state index in [4.69, 9.17) is 5.73 Å². The number of aromatic nitrogens is 2. The van der Waals surface area contributed by atoms with Crippen molar-refractivity contribution in [3.05, 3.63) is 5.01 Å². The van der Waals surface area contributed by atoms with Crippen LogP contribution in [-0.4, -0.2) is 27.7 Å². The van der Waals surface area contributed by atoms with Crippen molar-refractivity contribution in [1.29, 1.82) is 0 Å². The van der Waals surface area contributed by atoms with Crippen LogP contribution in [0.15, 0.2) is 0 Å². The van der Waals surface area contributed by atoms with Gasteiger partial charge in [0, 0.05) is 6.04 Å². The molecule has 14 heavy (non-hydrogen) atoms. The van der Waals surface area contributed by atoms with Crippen molar-refractivity contribution >= 4 is 16.5 Å². The lowest BCUT2D eigenvalue weighted by Crippen LogP contribution is -2.28. The molecule has 1 aliphatic heterocycles. The topological polar surface area (TPSA) is 55.0 Å². The van der Waals surface area contributed by atoms with E-state index in [0.717, 1.165) is 17.6 Å². The molecule has 0 aliphatic carbocycles. The molecule has 0 radical (unpaired) electrons. The Hall–Kier alpha value is -0.680. The van der Waals surface area contributed by atoms with Gasteiger partial charge < -0.3 is 5.73 Å². The number of nitrogens with two attached hydrogens (primary N) is 1. The van der Waals surface area contributed by atoms with Crippen molar-refractivity contribution < 1.29 is 0 Å². The first-order valence-electron chi connectivity index (χ1n) is 5.11. The van der Waals surface area contributed by atoms with E-state index in [9.17, 15) is 0 Å². The van der Waals surface area contributed by atoms with Crippen LogP contribution in [0.5, 0.6) is 0 Å². The van der Waals surface area contributed by atoms with Gasteiger partial charge in [0.2, 0.25) is 5.13 Å². The third kappa shape index (κ3) is 2.04. The molecule has 2 heterocycles. The SMILES string of the molecule is CCC1CCCN1Cc1nnc(N)s1. The fourth-order valence-corrected chi connectivity index (χ4v) is 2.70. The molecule has 1 fully saturated rings. The molecule has 0 saturated carbocycles. The lowest BCUT2D eigenvalue weighted by atomic mass is 10.2. The van der Waals surface area contributed by atoms with Crippen molar-refractivity contribution in [2.75, 3.05) is 12.3 Å². The van der Waals surface area contributed by atoms with Crippen molar-refractivity contribution in [1.82, 2.24) is 15.1 Å². The Morgan fingerprint density at radius 1 is 1.57 bits per heavy atom. The largest absolute Gasteiger partial charge is 0.374 e. The summed E-state index contributed by atoms with van der Waals surface area (Å²) in [6.45, 7) is 4.36. The van der Waals surface area contributed by atoms with E-state index in [-0.39, 0.29) is 0 Å². The summed E-state index contributed by atoms with van der Waals surface area (Å²) in [7, 11) is 0. The van der Waals surface area contributed by atoms with Crippen LogP contribution in [0.4, 0.5) is 5.13 Å². The highest BCUT2D eigenvalue weighted by molar-refractivity contribution is 7.15. The molecule has 0 spiro atoms. The molecule has 2 N–H and O–H groups in total. The summed E-state index contributed by atoms with van der Waals surface area (Å²) in [4.78, 5) is 2.49. The molecule has 1 unspecified atom stereocenters. The molecule has 1 aromatic heterocycles. The van der Waals surface area contributed by atoms with Gasteiger partial charge in [-0.05, 0) is 25.8 Å². The molecule has 78 valence electrons. The molecule has 1 aromatic rings. The van der Waals surface area contributed by atoms with Crippen LogP contribution >= 0.6 is 11.3 Å². The maximum Gasteiger partial charge on any atom is 0.203 e. The summed E-state index contributed by atoms with van der Waals surface area (Å²) in [5.74, 6) is 0. The molecule has 5 heteroatoms. The predicted molar refractivity (Wildman–Crippen MR) is 58.0 cm³/mol. The maximum atomic E-state index is 5.55. The fourth-order valence-electron chi connectivity index (χ4n) is 2.07. The van der Waals surface area contributed by atoms with Gasteiger partial charge in [0.05, 0.1) is 6.54 Å². The Morgan fingerprint density at radius 2 is 2.43 bits per heavy atom. The van der Waals surface area contributed by atoms with E-state index in [1.54, 1.807) is 0 Å². The minimum absolute atomic E-state index is 0.576. The molecule has 0 bridgehead atoms. The summed E-state index contributed by atoms with van der Waals surface area (Å²) in [5, 5.41) is 9.50. The quantitative estimate of drug-likeness (QED) is 0.825. The number of anilines is 1.